The van der Waals surface area contributed by atoms with Gasteiger partial charge in [0.25, 0.3) is 0 Å². The molecule has 112 valence electrons. The quantitative estimate of drug-likeness (QED) is 0.800. The number of carbonyl (C=O) groups is 3. The van der Waals surface area contributed by atoms with E-state index >= 15 is 0 Å². The van der Waals surface area contributed by atoms with Crippen LogP contribution in [0.5, 0.6) is 0 Å². The van der Waals surface area contributed by atoms with Crippen molar-refractivity contribution >= 4 is 23.2 Å². The van der Waals surface area contributed by atoms with E-state index in [0.717, 1.165) is 0 Å². The smallest absolute Gasteiger partial charge is 0.241 e. The number of benzene rings is 1. The highest BCUT2D eigenvalue weighted by Gasteiger charge is 2.31. The Hall–Kier alpha value is -2.05. The van der Waals surface area contributed by atoms with Gasteiger partial charge in [-0.25, -0.2) is 0 Å². The van der Waals surface area contributed by atoms with Crippen LogP contribution >= 0.6 is 0 Å². The minimum atomic E-state index is -0.579. The summed E-state index contributed by atoms with van der Waals surface area (Å²) in [4.78, 5) is 35.2. The summed E-state index contributed by atoms with van der Waals surface area (Å²) < 4.78 is 5.01. The van der Waals surface area contributed by atoms with Crippen LogP contribution in [0.1, 0.15) is 23.7 Å². The number of methoxy groups -OCH3 is 1. The van der Waals surface area contributed by atoms with Crippen LogP contribution in [-0.2, 0) is 14.3 Å². The van der Waals surface area contributed by atoms with Crippen LogP contribution in [0.15, 0.2) is 24.3 Å². The molecule has 2 unspecified atom stereocenters. The Bertz CT molecular complexity index is 571. The molecular weight excluding hydrogens is 272 g/mol. The largest absolute Gasteiger partial charge is 0.372 e. The molecule has 1 aliphatic heterocycles. The van der Waals surface area contributed by atoms with Gasteiger partial charge in [0.2, 0.25) is 5.91 Å². The number of ether oxygens (including phenoxy) is 1. The summed E-state index contributed by atoms with van der Waals surface area (Å²) in [6.45, 7) is 1.79. The van der Waals surface area contributed by atoms with Crippen molar-refractivity contribution in [2.24, 2.45) is 0 Å². The van der Waals surface area contributed by atoms with Gasteiger partial charge in [-0.2, -0.15) is 0 Å². The molecule has 1 heterocycles. The number of amides is 1. The molecular formula is C15H18N2O4. The molecule has 0 bridgehead atoms. The second kappa shape index (κ2) is 6.60. The Morgan fingerprint density at radius 2 is 2.14 bits per heavy atom. The zero-order valence-corrected chi connectivity index (χ0v) is 12.0. The van der Waals surface area contributed by atoms with Gasteiger partial charge < -0.3 is 15.4 Å². The van der Waals surface area contributed by atoms with Crippen molar-refractivity contribution in [1.82, 2.24) is 5.32 Å². The summed E-state index contributed by atoms with van der Waals surface area (Å²) >= 11 is 0. The lowest BCUT2D eigenvalue weighted by Crippen LogP contribution is -2.53. The lowest BCUT2D eigenvalue weighted by Gasteiger charge is -2.27. The van der Waals surface area contributed by atoms with Gasteiger partial charge in [0.05, 0.1) is 6.04 Å². The third-order valence-electron chi connectivity index (χ3n) is 3.45. The Labute approximate surface area is 122 Å². The SMILES string of the molecule is COC1CNC(C(=O)Nc2cccc(C(C)=O)c2)CC1=O. The monoisotopic (exact) mass is 290 g/mol. The van der Waals surface area contributed by atoms with E-state index in [2.05, 4.69) is 10.6 Å². The first-order valence-corrected chi connectivity index (χ1v) is 6.72. The second-order valence-electron chi connectivity index (χ2n) is 4.98. The Kier molecular flexibility index (Phi) is 4.82. The number of anilines is 1. The maximum atomic E-state index is 12.1. The van der Waals surface area contributed by atoms with E-state index in [0.29, 0.717) is 17.8 Å². The topological polar surface area (TPSA) is 84.5 Å². The van der Waals surface area contributed by atoms with E-state index in [1.165, 1.54) is 14.0 Å². The average molecular weight is 290 g/mol. The molecule has 1 amide bonds. The molecule has 2 rings (SSSR count). The van der Waals surface area contributed by atoms with Crippen molar-refractivity contribution in [2.45, 2.75) is 25.5 Å². The average Bonchev–Trinajstić information content (AvgIpc) is 2.47. The van der Waals surface area contributed by atoms with Gasteiger partial charge in [-0.05, 0) is 19.1 Å². The molecule has 0 spiro atoms. The van der Waals surface area contributed by atoms with Crippen molar-refractivity contribution < 1.29 is 19.1 Å². The first-order chi connectivity index (χ1) is 10.0. The van der Waals surface area contributed by atoms with Crippen LogP contribution in [0, 0.1) is 0 Å². The van der Waals surface area contributed by atoms with E-state index in [9.17, 15) is 14.4 Å². The molecule has 1 aliphatic rings. The summed E-state index contributed by atoms with van der Waals surface area (Å²) in [7, 11) is 1.47. The number of carbonyl (C=O) groups excluding carboxylic acids is 3. The van der Waals surface area contributed by atoms with Gasteiger partial charge in [0.15, 0.2) is 11.6 Å². The number of nitrogens with one attached hydrogen (secondary N) is 2. The first-order valence-electron chi connectivity index (χ1n) is 6.72. The molecule has 2 N–H and O–H groups in total. The summed E-state index contributed by atoms with van der Waals surface area (Å²) in [6.07, 6.45) is -0.397. The van der Waals surface area contributed by atoms with Crippen LogP contribution in [-0.4, -0.2) is 43.3 Å². The van der Waals surface area contributed by atoms with Gasteiger partial charge in [-0.15, -0.1) is 0 Å². The summed E-state index contributed by atoms with van der Waals surface area (Å²) in [5, 5.41) is 5.70. The predicted octanol–water partition coefficient (Wildman–Crippen LogP) is 0.774. The molecule has 0 saturated carbocycles. The van der Waals surface area contributed by atoms with Crippen LogP contribution < -0.4 is 10.6 Å². The zero-order chi connectivity index (χ0) is 15.4. The fourth-order valence-corrected chi connectivity index (χ4v) is 2.21. The predicted molar refractivity (Wildman–Crippen MR) is 77.3 cm³/mol. The third-order valence-corrected chi connectivity index (χ3v) is 3.45. The number of piperidine rings is 1. The number of ketones is 2. The van der Waals surface area contributed by atoms with E-state index in [1.807, 2.05) is 0 Å². The number of Topliss-reactive ketones (excluding diaryl/α,β-unsaturated/α-hetero) is 2. The molecule has 1 aromatic carbocycles. The summed E-state index contributed by atoms with van der Waals surface area (Å²) in [6, 6.07) is 6.12. The fourth-order valence-electron chi connectivity index (χ4n) is 2.21. The molecule has 2 atom stereocenters. The second-order valence-corrected chi connectivity index (χ2v) is 4.98. The Morgan fingerprint density at radius 3 is 2.76 bits per heavy atom. The Balaban J connectivity index is 2.00. The minimum Gasteiger partial charge on any atom is -0.372 e. The molecule has 6 nitrogen and oxygen atoms in total. The first kappa shape index (κ1) is 15.3. The summed E-state index contributed by atoms with van der Waals surface area (Å²) in [5.74, 6) is -0.451. The van der Waals surface area contributed by atoms with Gasteiger partial charge in [-0.3, -0.25) is 14.4 Å². The number of hydrogen-bond donors (Lipinski definition) is 2. The maximum absolute atomic E-state index is 12.1. The molecule has 0 aliphatic carbocycles. The van der Waals surface area contributed by atoms with Crippen molar-refractivity contribution in [3.05, 3.63) is 29.8 Å². The molecule has 0 radical (unpaired) electrons. The normalized spacial score (nSPS) is 21.9. The molecule has 1 fully saturated rings. The lowest BCUT2D eigenvalue weighted by molar-refractivity contribution is -0.134. The molecule has 6 heteroatoms. The number of hydrogen-bond acceptors (Lipinski definition) is 5. The van der Waals surface area contributed by atoms with E-state index in [-0.39, 0.29) is 23.9 Å². The zero-order valence-electron chi connectivity index (χ0n) is 12.0. The van der Waals surface area contributed by atoms with Gasteiger partial charge in [-0.1, -0.05) is 12.1 Å². The van der Waals surface area contributed by atoms with Crippen LogP contribution in [0.4, 0.5) is 5.69 Å². The van der Waals surface area contributed by atoms with Crippen LogP contribution in [0.3, 0.4) is 0 Å². The Morgan fingerprint density at radius 1 is 1.38 bits per heavy atom. The van der Waals surface area contributed by atoms with Crippen molar-refractivity contribution in [3.63, 3.8) is 0 Å². The minimum absolute atomic E-state index is 0.0694. The van der Waals surface area contributed by atoms with E-state index in [1.54, 1.807) is 24.3 Å². The molecule has 21 heavy (non-hydrogen) atoms. The highest BCUT2D eigenvalue weighted by atomic mass is 16.5. The lowest BCUT2D eigenvalue weighted by atomic mass is 10.0. The molecule has 1 aromatic rings. The highest BCUT2D eigenvalue weighted by molar-refractivity contribution is 6.01. The number of rotatable bonds is 4. The van der Waals surface area contributed by atoms with Crippen LogP contribution in [0.2, 0.25) is 0 Å². The van der Waals surface area contributed by atoms with Gasteiger partial charge in [0, 0.05) is 31.3 Å². The highest BCUT2D eigenvalue weighted by Crippen LogP contribution is 2.14. The van der Waals surface area contributed by atoms with Gasteiger partial charge >= 0.3 is 0 Å². The van der Waals surface area contributed by atoms with Crippen molar-refractivity contribution in [2.75, 3.05) is 19.0 Å². The molecule has 1 saturated heterocycles. The fraction of sp³-hybridized carbons (Fsp3) is 0.400. The van der Waals surface area contributed by atoms with Crippen molar-refractivity contribution in [3.8, 4) is 0 Å². The standard InChI is InChI=1S/C15H18N2O4/c1-9(18)10-4-3-5-11(6-10)17-15(20)12-7-13(19)14(21-2)8-16-12/h3-6,12,14,16H,7-8H2,1-2H3,(H,17,20). The van der Waals surface area contributed by atoms with E-state index < -0.39 is 12.1 Å². The van der Waals surface area contributed by atoms with Crippen LogP contribution in [0.25, 0.3) is 0 Å². The van der Waals surface area contributed by atoms with Gasteiger partial charge in [0.1, 0.15) is 6.10 Å². The summed E-state index contributed by atoms with van der Waals surface area (Å²) in [5.41, 5.74) is 1.07. The van der Waals surface area contributed by atoms with Crippen molar-refractivity contribution in [1.29, 1.82) is 0 Å². The van der Waals surface area contributed by atoms with E-state index in [4.69, 9.17) is 4.74 Å². The third kappa shape index (κ3) is 3.74. The molecule has 0 aromatic heterocycles. The maximum Gasteiger partial charge on any atom is 0.241 e.